The molecule has 0 saturated carbocycles. The number of nitrogen functional groups attached to an aromatic ring is 1. The summed E-state index contributed by atoms with van der Waals surface area (Å²) in [6.07, 6.45) is 0. The Balaban J connectivity index is 2.07. The number of nitrogens with one attached hydrogen (secondary N) is 3. The number of benzene rings is 2. The van der Waals surface area contributed by atoms with Gasteiger partial charge in [0.15, 0.2) is 5.11 Å². The minimum Gasteiger partial charge on any atom is -0.397 e. The van der Waals surface area contributed by atoms with Crippen molar-refractivity contribution in [2.24, 2.45) is 0 Å². The summed E-state index contributed by atoms with van der Waals surface area (Å²) in [6, 6.07) is 13.0. The third kappa shape index (κ3) is 5.74. The highest BCUT2D eigenvalue weighted by Crippen LogP contribution is 2.25. The molecule has 0 unspecified atom stereocenters. The van der Waals surface area contributed by atoms with E-state index >= 15 is 0 Å². The van der Waals surface area contributed by atoms with Crippen LogP contribution in [0.3, 0.4) is 0 Å². The monoisotopic (exact) mass is 419 g/mol. The molecule has 0 bridgehead atoms. The molecule has 0 heterocycles. The number of rotatable bonds is 5. The Morgan fingerprint density at radius 1 is 1.21 bits per heavy atom. The topological polar surface area (TPSA) is 82.4 Å². The summed E-state index contributed by atoms with van der Waals surface area (Å²) in [5.74, 6) is 0. The minimum atomic E-state index is -0.430. The van der Waals surface area contributed by atoms with E-state index in [1.165, 1.54) is 4.90 Å². The first-order valence-corrected chi connectivity index (χ1v) is 9.56. The fraction of sp³-hybridized carbons (Fsp3) is 0.300. The van der Waals surface area contributed by atoms with Crippen molar-refractivity contribution in [3.05, 3.63) is 58.6 Å². The molecule has 0 aromatic heterocycles. The Morgan fingerprint density at radius 2 is 1.89 bits per heavy atom. The summed E-state index contributed by atoms with van der Waals surface area (Å²) >= 11 is 11.6. The molecule has 2 aromatic carbocycles. The average molecular weight is 420 g/mol. The molecule has 2 rings (SSSR count). The molecular weight excluding hydrogens is 394 g/mol. The highest BCUT2D eigenvalue weighted by atomic mass is 35.5. The van der Waals surface area contributed by atoms with Gasteiger partial charge in [0.1, 0.15) is 0 Å². The Labute approximate surface area is 176 Å². The zero-order valence-electron chi connectivity index (χ0n) is 16.5. The van der Waals surface area contributed by atoms with E-state index in [9.17, 15) is 4.79 Å². The third-order valence-corrected chi connectivity index (χ3v) is 4.69. The van der Waals surface area contributed by atoms with Gasteiger partial charge in [0, 0.05) is 25.7 Å². The first-order valence-electron chi connectivity index (χ1n) is 8.78. The van der Waals surface area contributed by atoms with Crippen LogP contribution in [-0.2, 0) is 12.1 Å². The van der Waals surface area contributed by atoms with E-state index in [2.05, 4.69) is 16.0 Å². The number of hydrogen-bond donors (Lipinski definition) is 4. The van der Waals surface area contributed by atoms with Crippen LogP contribution in [-0.4, -0.2) is 30.1 Å². The standard InChI is InChI=1S/C20H26ClN5OS/c1-20(2,14-8-6-9-15(21)11-14)25-18(28)24-16-10-5-7-13(17(16)22)12-23-19(27)26(3)4/h5-11H,12,22H2,1-4H3,(H,23,27)(H2,24,25,28). The first-order chi connectivity index (χ1) is 13.1. The molecule has 0 aliphatic heterocycles. The number of carbonyl (C=O) groups is 1. The van der Waals surface area contributed by atoms with Gasteiger partial charge in [-0.15, -0.1) is 0 Å². The van der Waals surface area contributed by atoms with E-state index in [0.29, 0.717) is 28.1 Å². The number of halogens is 1. The number of amides is 2. The maximum Gasteiger partial charge on any atom is 0.317 e. The van der Waals surface area contributed by atoms with Crippen LogP contribution < -0.4 is 21.7 Å². The molecule has 0 aliphatic carbocycles. The second-order valence-corrected chi connectivity index (χ2v) is 7.99. The smallest absolute Gasteiger partial charge is 0.317 e. The Hall–Kier alpha value is -2.51. The van der Waals surface area contributed by atoms with Crippen molar-refractivity contribution >= 4 is 46.3 Å². The fourth-order valence-electron chi connectivity index (χ4n) is 2.59. The molecule has 6 nitrogen and oxygen atoms in total. The Kier molecular flexibility index (Phi) is 7.10. The lowest BCUT2D eigenvalue weighted by molar-refractivity contribution is 0.217. The summed E-state index contributed by atoms with van der Waals surface area (Å²) < 4.78 is 0. The maximum absolute atomic E-state index is 11.7. The van der Waals surface area contributed by atoms with Gasteiger partial charge in [-0.1, -0.05) is 35.9 Å². The van der Waals surface area contributed by atoms with Gasteiger partial charge in [-0.2, -0.15) is 0 Å². The summed E-state index contributed by atoms with van der Waals surface area (Å²) in [5.41, 5.74) is 8.85. The van der Waals surface area contributed by atoms with Crippen molar-refractivity contribution in [1.29, 1.82) is 0 Å². The lowest BCUT2D eigenvalue weighted by Gasteiger charge is -2.29. The first kappa shape index (κ1) is 21.8. The van der Waals surface area contributed by atoms with Gasteiger partial charge < -0.3 is 26.6 Å². The van der Waals surface area contributed by atoms with Crippen molar-refractivity contribution in [3.8, 4) is 0 Å². The number of urea groups is 1. The van der Waals surface area contributed by atoms with Crippen LogP contribution in [0.25, 0.3) is 0 Å². The summed E-state index contributed by atoms with van der Waals surface area (Å²) in [5, 5.41) is 10.3. The fourth-order valence-corrected chi connectivity index (χ4v) is 3.15. The highest BCUT2D eigenvalue weighted by Gasteiger charge is 2.22. The van der Waals surface area contributed by atoms with Crippen LogP contribution >= 0.6 is 23.8 Å². The van der Waals surface area contributed by atoms with E-state index < -0.39 is 5.54 Å². The lowest BCUT2D eigenvalue weighted by atomic mass is 9.94. The lowest BCUT2D eigenvalue weighted by Crippen LogP contribution is -2.43. The molecule has 0 radical (unpaired) electrons. The second kappa shape index (κ2) is 9.12. The number of anilines is 2. The zero-order chi connectivity index (χ0) is 20.9. The maximum atomic E-state index is 11.7. The number of para-hydroxylation sites is 1. The zero-order valence-corrected chi connectivity index (χ0v) is 18.0. The Morgan fingerprint density at radius 3 is 2.54 bits per heavy atom. The molecule has 0 spiro atoms. The summed E-state index contributed by atoms with van der Waals surface area (Å²) in [4.78, 5) is 13.2. The predicted molar refractivity (Wildman–Crippen MR) is 121 cm³/mol. The van der Waals surface area contributed by atoms with Crippen molar-refractivity contribution in [3.63, 3.8) is 0 Å². The van der Waals surface area contributed by atoms with Gasteiger partial charge in [0.2, 0.25) is 0 Å². The van der Waals surface area contributed by atoms with Crippen molar-refractivity contribution in [2.75, 3.05) is 25.1 Å². The molecular formula is C20H26ClN5OS. The number of thiocarbonyl (C=S) groups is 1. The second-order valence-electron chi connectivity index (χ2n) is 7.15. The molecule has 2 amide bonds. The van der Waals surface area contributed by atoms with Crippen LogP contribution in [0.5, 0.6) is 0 Å². The molecule has 5 N–H and O–H groups in total. The Bertz CT molecular complexity index is 869. The number of carbonyl (C=O) groups excluding carboxylic acids is 1. The van der Waals surface area contributed by atoms with E-state index in [4.69, 9.17) is 29.6 Å². The van der Waals surface area contributed by atoms with Crippen LogP contribution in [0, 0.1) is 0 Å². The average Bonchev–Trinajstić information content (AvgIpc) is 2.61. The van der Waals surface area contributed by atoms with Crippen LogP contribution in [0.15, 0.2) is 42.5 Å². The molecule has 0 atom stereocenters. The van der Waals surface area contributed by atoms with Gasteiger partial charge in [0.25, 0.3) is 0 Å². The number of nitrogens with zero attached hydrogens (tertiary/aromatic N) is 1. The van der Waals surface area contributed by atoms with Gasteiger partial charge in [-0.3, -0.25) is 0 Å². The summed E-state index contributed by atoms with van der Waals surface area (Å²) in [7, 11) is 3.37. The van der Waals surface area contributed by atoms with E-state index in [-0.39, 0.29) is 6.03 Å². The molecule has 0 fully saturated rings. The van der Waals surface area contributed by atoms with Crippen LogP contribution in [0.4, 0.5) is 16.2 Å². The molecule has 150 valence electrons. The van der Waals surface area contributed by atoms with Crippen molar-refractivity contribution in [2.45, 2.75) is 25.9 Å². The highest BCUT2D eigenvalue weighted by molar-refractivity contribution is 7.80. The van der Waals surface area contributed by atoms with Crippen LogP contribution in [0.2, 0.25) is 5.02 Å². The molecule has 2 aromatic rings. The van der Waals surface area contributed by atoms with E-state index in [1.54, 1.807) is 14.1 Å². The molecule has 0 aliphatic rings. The molecule has 0 saturated heterocycles. The SMILES string of the molecule is CN(C)C(=O)NCc1cccc(NC(=S)NC(C)(C)c2cccc(Cl)c2)c1N. The normalized spacial score (nSPS) is 10.9. The molecule has 28 heavy (non-hydrogen) atoms. The van der Waals surface area contributed by atoms with Gasteiger partial charge in [-0.25, -0.2) is 4.79 Å². The summed E-state index contributed by atoms with van der Waals surface area (Å²) in [6.45, 7) is 4.36. The predicted octanol–water partition coefficient (Wildman–Crippen LogP) is 3.92. The largest absolute Gasteiger partial charge is 0.397 e. The van der Waals surface area contributed by atoms with E-state index in [0.717, 1.165) is 11.1 Å². The number of nitrogens with two attached hydrogens (primary N) is 1. The number of hydrogen-bond acceptors (Lipinski definition) is 3. The van der Waals surface area contributed by atoms with Crippen LogP contribution in [0.1, 0.15) is 25.0 Å². The van der Waals surface area contributed by atoms with Crippen molar-refractivity contribution < 1.29 is 4.79 Å². The van der Waals surface area contributed by atoms with Gasteiger partial charge in [0.05, 0.1) is 16.9 Å². The van der Waals surface area contributed by atoms with Gasteiger partial charge >= 0.3 is 6.03 Å². The van der Waals surface area contributed by atoms with Crippen molar-refractivity contribution in [1.82, 2.24) is 15.5 Å². The minimum absolute atomic E-state index is 0.182. The third-order valence-electron chi connectivity index (χ3n) is 4.25. The van der Waals surface area contributed by atoms with E-state index in [1.807, 2.05) is 56.3 Å². The molecule has 8 heteroatoms. The quantitative estimate of drug-likeness (QED) is 0.436. The van der Waals surface area contributed by atoms with Gasteiger partial charge in [-0.05, 0) is 55.4 Å².